The maximum Gasteiger partial charge on any atom is 0.243 e. The molecule has 3 aromatic rings. The van der Waals surface area contributed by atoms with Gasteiger partial charge < -0.3 is 4.40 Å². The molecule has 0 atom stereocenters. The van der Waals surface area contributed by atoms with E-state index in [0.29, 0.717) is 23.4 Å². The lowest BCUT2D eigenvalue weighted by molar-refractivity contribution is 0.445. The van der Waals surface area contributed by atoms with Gasteiger partial charge in [0.2, 0.25) is 15.5 Å². The van der Waals surface area contributed by atoms with E-state index in [-0.39, 0.29) is 15.8 Å². The zero-order valence-electron chi connectivity index (χ0n) is 14.1. The summed E-state index contributed by atoms with van der Waals surface area (Å²) in [4.78, 5) is 13.4. The zero-order valence-corrected chi connectivity index (χ0v) is 15.7. The molecule has 0 spiro atoms. The number of rotatable bonds is 4. The predicted molar refractivity (Wildman–Crippen MR) is 98.6 cm³/mol. The molecule has 0 N–H and O–H groups in total. The second kappa shape index (κ2) is 6.26. The molecule has 0 radical (unpaired) electrons. The van der Waals surface area contributed by atoms with Gasteiger partial charge in [-0.05, 0) is 25.1 Å². The Morgan fingerprint density at radius 3 is 2.56 bits per heavy atom. The molecule has 0 aliphatic heterocycles. The van der Waals surface area contributed by atoms with Crippen molar-refractivity contribution >= 4 is 37.1 Å². The average molecular weight is 375 g/mol. The lowest BCUT2D eigenvalue weighted by Gasteiger charge is -2.18. The van der Waals surface area contributed by atoms with E-state index in [9.17, 15) is 18.5 Å². The van der Waals surface area contributed by atoms with Crippen LogP contribution in [0.4, 0.5) is 0 Å². The fraction of sp³-hybridized carbons (Fsp3) is 0.294. The molecular weight excluding hydrogens is 358 g/mol. The first-order valence-corrected chi connectivity index (χ1v) is 10.2. The summed E-state index contributed by atoms with van der Waals surface area (Å²) in [5.41, 5.74) is 1.11. The Labute approximate surface area is 149 Å². The number of aryl methyl sites for hydroxylation is 1. The molecule has 0 amide bonds. The Morgan fingerprint density at radius 1 is 1.28 bits per heavy atom. The van der Waals surface area contributed by atoms with E-state index in [1.807, 2.05) is 22.8 Å². The fourth-order valence-corrected chi connectivity index (χ4v) is 5.45. The third-order valence-corrected chi connectivity index (χ3v) is 7.36. The average Bonchev–Trinajstić information content (AvgIpc) is 2.97. The lowest BCUT2D eigenvalue weighted by atomic mass is 10.1. The standard InChI is InChI=1S/C17H17N3O3S2/c1-4-19(5-2)25(22,23)12-6-7-15-13(8-12)16(21)14(9-18)17-20(15)11(3)10-24-17/h6-8,10H,4-5H2,1-3H3. The van der Waals surface area contributed by atoms with Crippen molar-refractivity contribution in [3.8, 4) is 6.07 Å². The number of sulfonamides is 1. The van der Waals surface area contributed by atoms with Gasteiger partial charge in [0.25, 0.3) is 0 Å². The first-order chi connectivity index (χ1) is 11.9. The molecule has 0 saturated heterocycles. The molecule has 0 fully saturated rings. The minimum Gasteiger partial charge on any atom is -0.303 e. The molecule has 8 heteroatoms. The van der Waals surface area contributed by atoms with Crippen LogP contribution in [0.1, 0.15) is 25.1 Å². The van der Waals surface area contributed by atoms with Crippen LogP contribution < -0.4 is 5.43 Å². The van der Waals surface area contributed by atoms with Crippen LogP contribution in [0.2, 0.25) is 0 Å². The Balaban J connectivity index is 2.42. The van der Waals surface area contributed by atoms with Crippen LogP contribution >= 0.6 is 11.3 Å². The van der Waals surface area contributed by atoms with Gasteiger partial charge in [-0.25, -0.2) is 8.42 Å². The van der Waals surface area contributed by atoms with E-state index in [2.05, 4.69) is 0 Å². The van der Waals surface area contributed by atoms with Crippen molar-refractivity contribution in [1.29, 1.82) is 5.26 Å². The highest BCUT2D eigenvalue weighted by atomic mass is 32.2. The minimum absolute atomic E-state index is 0.0444. The molecule has 1 aromatic carbocycles. The number of aromatic nitrogens is 1. The summed E-state index contributed by atoms with van der Waals surface area (Å²) in [5.74, 6) is 0. The third-order valence-electron chi connectivity index (χ3n) is 4.25. The summed E-state index contributed by atoms with van der Waals surface area (Å²) in [6.45, 7) is 6.12. The third kappa shape index (κ3) is 2.56. The molecule has 0 aliphatic carbocycles. The summed E-state index contributed by atoms with van der Waals surface area (Å²) < 4.78 is 28.6. The van der Waals surface area contributed by atoms with Crippen molar-refractivity contribution in [2.24, 2.45) is 0 Å². The molecule has 6 nitrogen and oxygen atoms in total. The van der Waals surface area contributed by atoms with E-state index in [1.54, 1.807) is 19.9 Å². The number of thiazole rings is 1. The largest absolute Gasteiger partial charge is 0.303 e. The van der Waals surface area contributed by atoms with Crippen molar-refractivity contribution in [1.82, 2.24) is 8.71 Å². The smallest absolute Gasteiger partial charge is 0.243 e. The number of nitriles is 1. The number of fused-ring (bicyclic) bond motifs is 3. The number of hydrogen-bond acceptors (Lipinski definition) is 5. The molecule has 0 aliphatic rings. The molecule has 2 heterocycles. The zero-order chi connectivity index (χ0) is 18.4. The van der Waals surface area contributed by atoms with Crippen molar-refractivity contribution in [3.63, 3.8) is 0 Å². The summed E-state index contributed by atoms with van der Waals surface area (Å²) in [7, 11) is -3.67. The SMILES string of the molecule is CCN(CC)S(=O)(=O)c1ccc2c(c1)c(=O)c(C#N)c1scc(C)n12. The number of hydrogen-bond donors (Lipinski definition) is 0. The van der Waals surface area contributed by atoms with Crippen LogP contribution in [0.25, 0.3) is 15.7 Å². The minimum atomic E-state index is -3.67. The van der Waals surface area contributed by atoms with Gasteiger partial charge in [-0.15, -0.1) is 11.3 Å². The predicted octanol–water partition coefficient (Wildman–Crippen LogP) is 2.72. The highest BCUT2D eigenvalue weighted by molar-refractivity contribution is 7.89. The van der Waals surface area contributed by atoms with Crippen LogP contribution in [0, 0.1) is 18.3 Å². The topological polar surface area (TPSA) is 82.7 Å². The molecule has 0 saturated carbocycles. The maximum atomic E-state index is 12.7. The first-order valence-electron chi connectivity index (χ1n) is 7.83. The Hall–Kier alpha value is -2.21. The van der Waals surface area contributed by atoms with Gasteiger partial charge in [0, 0.05) is 29.5 Å². The van der Waals surface area contributed by atoms with Gasteiger partial charge in [0.1, 0.15) is 16.5 Å². The number of nitrogens with zero attached hydrogens (tertiary/aromatic N) is 3. The summed E-state index contributed by atoms with van der Waals surface area (Å²) in [5, 5.41) is 11.5. The van der Waals surface area contributed by atoms with E-state index >= 15 is 0 Å². The highest BCUT2D eigenvalue weighted by Crippen LogP contribution is 2.26. The van der Waals surface area contributed by atoms with Crippen LogP contribution in [0.3, 0.4) is 0 Å². The summed E-state index contributed by atoms with van der Waals surface area (Å²) in [6, 6.07) is 6.51. The second-order valence-corrected chi connectivity index (χ2v) is 8.40. The van der Waals surface area contributed by atoms with E-state index in [4.69, 9.17) is 0 Å². The Bertz CT molecular complexity index is 1180. The molecule has 2 aromatic heterocycles. The van der Waals surface area contributed by atoms with Gasteiger partial charge in [-0.1, -0.05) is 13.8 Å². The van der Waals surface area contributed by atoms with Crippen LogP contribution in [0.15, 0.2) is 33.3 Å². The van der Waals surface area contributed by atoms with Crippen molar-refractivity contribution in [3.05, 3.63) is 45.1 Å². The monoisotopic (exact) mass is 375 g/mol. The molecule has 0 bridgehead atoms. The van der Waals surface area contributed by atoms with Gasteiger partial charge in [-0.3, -0.25) is 4.79 Å². The van der Waals surface area contributed by atoms with Gasteiger partial charge in [0.15, 0.2) is 0 Å². The van der Waals surface area contributed by atoms with E-state index in [1.165, 1.54) is 27.8 Å². The Morgan fingerprint density at radius 2 is 1.96 bits per heavy atom. The maximum absolute atomic E-state index is 12.7. The van der Waals surface area contributed by atoms with E-state index in [0.717, 1.165) is 5.69 Å². The highest BCUT2D eigenvalue weighted by Gasteiger charge is 2.23. The molecule has 0 unspecified atom stereocenters. The molecule has 130 valence electrons. The van der Waals surface area contributed by atoms with Gasteiger partial charge >= 0.3 is 0 Å². The second-order valence-electron chi connectivity index (χ2n) is 5.60. The van der Waals surface area contributed by atoms with Crippen LogP contribution in [-0.4, -0.2) is 30.2 Å². The molecule has 3 rings (SSSR count). The van der Waals surface area contributed by atoms with Crippen molar-refractivity contribution in [2.75, 3.05) is 13.1 Å². The van der Waals surface area contributed by atoms with Crippen LogP contribution in [0.5, 0.6) is 0 Å². The van der Waals surface area contributed by atoms with E-state index < -0.39 is 15.5 Å². The van der Waals surface area contributed by atoms with Crippen LogP contribution in [-0.2, 0) is 10.0 Å². The normalized spacial score (nSPS) is 12.1. The molecule has 25 heavy (non-hydrogen) atoms. The number of benzene rings is 1. The molecular formula is C17H17N3O3S2. The van der Waals surface area contributed by atoms with Crippen molar-refractivity contribution in [2.45, 2.75) is 25.7 Å². The quantitative estimate of drug-likeness (QED) is 0.702. The van der Waals surface area contributed by atoms with Gasteiger partial charge in [-0.2, -0.15) is 9.57 Å². The fourth-order valence-electron chi connectivity index (χ4n) is 2.97. The van der Waals surface area contributed by atoms with Crippen molar-refractivity contribution < 1.29 is 8.42 Å². The lowest BCUT2D eigenvalue weighted by Crippen LogP contribution is -2.30. The van der Waals surface area contributed by atoms with Gasteiger partial charge in [0.05, 0.1) is 10.4 Å². The first kappa shape index (κ1) is 17.6. The summed E-state index contributed by atoms with van der Waals surface area (Å²) >= 11 is 1.33. The number of pyridine rings is 1. The summed E-state index contributed by atoms with van der Waals surface area (Å²) in [6.07, 6.45) is 0. The Kier molecular flexibility index (Phi) is 4.41.